The molecule has 0 heterocycles. The monoisotopic (exact) mass is 710 g/mol. The largest absolute Gasteiger partial charge is 0.489 e. The van der Waals surface area contributed by atoms with Crippen LogP contribution in [-0.4, -0.2) is 24.3 Å². The average Bonchev–Trinajstić information content (AvgIpc) is 2.72. The van der Waals surface area contributed by atoms with Crippen molar-refractivity contribution in [1.29, 1.82) is 0 Å². The van der Waals surface area contributed by atoms with Crippen LogP contribution in [0.2, 0.25) is 0 Å². The fraction of sp³-hybridized carbons (Fsp3) is 0.520. The van der Waals surface area contributed by atoms with Gasteiger partial charge in [0.25, 0.3) is 0 Å². The third-order valence-corrected chi connectivity index (χ3v) is 8.50. The van der Waals surface area contributed by atoms with Crippen LogP contribution in [0, 0.1) is 0 Å². The van der Waals surface area contributed by atoms with Gasteiger partial charge >= 0.3 is 0 Å². The molecule has 4 N–H and O–H groups in total. The summed E-state index contributed by atoms with van der Waals surface area (Å²) in [6, 6.07) is 8.42. The summed E-state index contributed by atoms with van der Waals surface area (Å²) in [5.74, 6) is 1.51. The van der Waals surface area contributed by atoms with Gasteiger partial charge in [0, 0.05) is 16.5 Å². The van der Waals surface area contributed by atoms with E-state index >= 15 is 0 Å². The molecule has 33 heavy (non-hydrogen) atoms. The summed E-state index contributed by atoms with van der Waals surface area (Å²) in [4.78, 5) is 0. The lowest BCUT2D eigenvalue weighted by Gasteiger charge is -2.29. The Labute approximate surface area is 232 Å². The van der Waals surface area contributed by atoms with Crippen molar-refractivity contribution >= 4 is 63.7 Å². The molecule has 4 nitrogen and oxygen atoms in total. The molecular formula is C25H34Br4N2O2. The lowest BCUT2D eigenvalue weighted by molar-refractivity contribution is 0.223. The van der Waals surface area contributed by atoms with Crippen molar-refractivity contribution in [3.8, 4) is 11.5 Å². The molecular weight excluding hydrogens is 680 g/mol. The molecule has 2 aromatic rings. The summed E-state index contributed by atoms with van der Waals surface area (Å²) >= 11 is 14.8. The summed E-state index contributed by atoms with van der Waals surface area (Å²) in [7, 11) is 0. The maximum absolute atomic E-state index is 6.25. The quantitative estimate of drug-likeness (QED) is 0.261. The average molecular weight is 714 g/mol. The third-order valence-electron chi connectivity index (χ3n) is 6.15. The van der Waals surface area contributed by atoms with Crippen LogP contribution in [0.15, 0.2) is 42.2 Å². The Hall–Kier alpha value is -0.120. The van der Waals surface area contributed by atoms with Gasteiger partial charge in [-0.3, -0.25) is 0 Å². The molecule has 2 aromatic carbocycles. The van der Waals surface area contributed by atoms with E-state index < -0.39 is 0 Å². The van der Waals surface area contributed by atoms with Crippen LogP contribution in [0.5, 0.6) is 11.5 Å². The highest BCUT2D eigenvalue weighted by atomic mass is 79.9. The van der Waals surface area contributed by atoms with E-state index in [9.17, 15) is 0 Å². The highest BCUT2D eigenvalue weighted by Gasteiger charge is 2.28. The topological polar surface area (TPSA) is 70.5 Å². The second kappa shape index (κ2) is 11.3. The number of hydrogen-bond acceptors (Lipinski definition) is 4. The summed E-state index contributed by atoms with van der Waals surface area (Å²) in [6.45, 7) is 13.4. The van der Waals surface area contributed by atoms with Gasteiger partial charge < -0.3 is 20.9 Å². The third kappa shape index (κ3) is 7.43. The Kier molecular flexibility index (Phi) is 9.96. The van der Waals surface area contributed by atoms with Crippen molar-refractivity contribution in [1.82, 2.24) is 0 Å². The van der Waals surface area contributed by atoms with E-state index in [2.05, 4.69) is 116 Å². The highest BCUT2D eigenvalue weighted by molar-refractivity contribution is 9.11. The zero-order chi connectivity index (χ0) is 25.2. The maximum atomic E-state index is 6.25. The summed E-state index contributed by atoms with van der Waals surface area (Å²) in [5, 5.41) is 0. The molecule has 2 atom stereocenters. The Morgan fingerprint density at radius 3 is 1.15 bits per heavy atom. The number of ether oxygens (including phenoxy) is 2. The van der Waals surface area contributed by atoms with Crippen molar-refractivity contribution < 1.29 is 9.47 Å². The van der Waals surface area contributed by atoms with Crippen LogP contribution in [0.4, 0.5) is 0 Å². The fourth-order valence-corrected chi connectivity index (χ4v) is 5.79. The van der Waals surface area contributed by atoms with Crippen molar-refractivity contribution in [2.24, 2.45) is 11.5 Å². The number of rotatable bonds is 10. The van der Waals surface area contributed by atoms with E-state index in [1.807, 2.05) is 13.8 Å². The van der Waals surface area contributed by atoms with Crippen LogP contribution in [-0.2, 0) is 5.41 Å². The molecule has 0 spiro atoms. The SMILES string of the molecule is CCC(C)(N)COc1c(Br)cc(C(C)(C)c2cc(Br)c(OCC(C)(N)CC)c(Br)c2)cc1Br. The van der Waals surface area contributed by atoms with Crippen molar-refractivity contribution in [2.45, 2.75) is 70.9 Å². The van der Waals surface area contributed by atoms with Gasteiger partial charge in [-0.25, -0.2) is 0 Å². The number of halogens is 4. The first-order chi connectivity index (χ1) is 15.1. The molecule has 2 rings (SSSR count). The van der Waals surface area contributed by atoms with Gasteiger partial charge in [0.2, 0.25) is 0 Å². The minimum Gasteiger partial charge on any atom is -0.489 e. The van der Waals surface area contributed by atoms with E-state index in [1.165, 1.54) is 0 Å². The lowest BCUT2D eigenvalue weighted by atomic mass is 9.78. The predicted molar refractivity (Wildman–Crippen MR) is 153 cm³/mol. The van der Waals surface area contributed by atoms with Crippen molar-refractivity contribution in [3.63, 3.8) is 0 Å². The standard InChI is InChI=1S/C25H34Br4N2O2/c1-7-24(5,30)13-32-21-17(26)9-15(10-18(21)27)23(3,4)16-11-19(28)22(20(29)12-16)33-14-25(6,31)8-2/h9-12H,7-8,13-14,30-31H2,1-6H3. The Balaban J connectivity index is 2.35. The first kappa shape index (κ1) is 29.1. The molecule has 184 valence electrons. The Morgan fingerprint density at radius 2 is 0.909 bits per heavy atom. The molecule has 0 amide bonds. The minimum atomic E-state index is -0.377. The molecule has 0 aliphatic carbocycles. The number of hydrogen-bond donors (Lipinski definition) is 2. The van der Waals surface area contributed by atoms with Gasteiger partial charge in [0.1, 0.15) is 24.7 Å². The van der Waals surface area contributed by atoms with Gasteiger partial charge in [0.15, 0.2) is 0 Å². The van der Waals surface area contributed by atoms with Gasteiger partial charge in [-0.1, -0.05) is 27.7 Å². The van der Waals surface area contributed by atoms with Gasteiger partial charge in [-0.15, -0.1) is 0 Å². The predicted octanol–water partition coefficient (Wildman–Crippen LogP) is 8.07. The molecule has 0 aromatic heterocycles. The zero-order valence-electron chi connectivity index (χ0n) is 20.1. The van der Waals surface area contributed by atoms with Crippen LogP contribution in [0.1, 0.15) is 65.5 Å². The molecule has 2 unspecified atom stereocenters. The molecule has 0 aliphatic heterocycles. The van der Waals surface area contributed by atoms with E-state index in [0.717, 1.165) is 53.4 Å². The molecule has 0 saturated heterocycles. The molecule has 0 saturated carbocycles. The van der Waals surface area contributed by atoms with E-state index in [1.54, 1.807) is 0 Å². The number of benzene rings is 2. The van der Waals surface area contributed by atoms with Crippen LogP contribution in [0.25, 0.3) is 0 Å². The van der Waals surface area contributed by atoms with Gasteiger partial charge in [0.05, 0.1) is 17.9 Å². The van der Waals surface area contributed by atoms with E-state index in [0.29, 0.717) is 13.2 Å². The van der Waals surface area contributed by atoms with Gasteiger partial charge in [-0.05, 0) is 126 Å². The fourth-order valence-electron chi connectivity index (χ4n) is 2.96. The van der Waals surface area contributed by atoms with E-state index in [4.69, 9.17) is 20.9 Å². The Morgan fingerprint density at radius 1 is 0.636 bits per heavy atom. The van der Waals surface area contributed by atoms with Crippen LogP contribution >= 0.6 is 63.7 Å². The molecule has 8 heteroatoms. The second-order valence-electron chi connectivity index (χ2n) is 9.76. The smallest absolute Gasteiger partial charge is 0.147 e. The van der Waals surface area contributed by atoms with E-state index in [-0.39, 0.29) is 16.5 Å². The number of nitrogens with two attached hydrogens (primary N) is 2. The molecule has 0 aliphatic rings. The highest BCUT2D eigenvalue weighted by Crippen LogP contribution is 2.44. The summed E-state index contributed by atoms with van der Waals surface area (Å²) in [6.07, 6.45) is 1.67. The van der Waals surface area contributed by atoms with Crippen molar-refractivity contribution in [2.75, 3.05) is 13.2 Å². The van der Waals surface area contributed by atoms with Crippen molar-refractivity contribution in [3.05, 3.63) is 53.3 Å². The summed E-state index contributed by atoms with van der Waals surface area (Å²) in [5.41, 5.74) is 13.7. The molecule has 0 radical (unpaired) electrons. The van der Waals surface area contributed by atoms with Crippen LogP contribution < -0.4 is 20.9 Å². The second-order valence-corrected chi connectivity index (χ2v) is 13.2. The molecule has 0 fully saturated rings. The van der Waals surface area contributed by atoms with Gasteiger partial charge in [-0.2, -0.15) is 0 Å². The lowest BCUT2D eigenvalue weighted by Crippen LogP contribution is -2.41. The normalized spacial score (nSPS) is 15.6. The minimum absolute atomic E-state index is 0.287. The maximum Gasteiger partial charge on any atom is 0.147 e. The summed E-state index contributed by atoms with van der Waals surface area (Å²) < 4.78 is 15.6. The van der Waals surface area contributed by atoms with Crippen LogP contribution in [0.3, 0.4) is 0 Å². The Bertz CT molecular complexity index is 867. The first-order valence-electron chi connectivity index (χ1n) is 11.0. The molecule has 0 bridgehead atoms. The zero-order valence-corrected chi connectivity index (χ0v) is 26.5. The first-order valence-corrected chi connectivity index (χ1v) is 14.1.